The molecule has 0 aliphatic heterocycles. The Balaban J connectivity index is 0.00000256. The second-order valence-corrected chi connectivity index (χ2v) is 4.63. The molecule has 1 aromatic rings. The number of likely N-dealkylation sites (N-methyl/N-ethyl adjacent to an activating group) is 1. The molecule has 0 bridgehead atoms. The first kappa shape index (κ1) is 16.5. The van der Waals surface area contributed by atoms with Gasteiger partial charge in [-0.3, -0.25) is 4.79 Å². The van der Waals surface area contributed by atoms with Gasteiger partial charge in [0.25, 0.3) is 0 Å². The van der Waals surface area contributed by atoms with E-state index in [1.807, 2.05) is 0 Å². The van der Waals surface area contributed by atoms with Gasteiger partial charge < -0.3 is 10.6 Å². The van der Waals surface area contributed by atoms with E-state index in [2.05, 4.69) is 0 Å². The fraction of sp³-hybridized carbons (Fsp3) is 0.364. The molecular formula is C11H15Cl3N2O. The third kappa shape index (κ3) is 5.13. The second-order valence-electron chi connectivity index (χ2n) is 3.76. The van der Waals surface area contributed by atoms with Crippen LogP contribution in [0.5, 0.6) is 0 Å². The lowest BCUT2D eigenvalue weighted by atomic mass is 10.2. The van der Waals surface area contributed by atoms with Gasteiger partial charge in [0, 0.05) is 23.6 Å². The summed E-state index contributed by atoms with van der Waals surface area (Å²) in [6, 6.07) is 4.70. The lowest BCUT2D eigenvalue weighted by molar-refractivity contribution is -0.131. The van der Waals surface area contributed by atoms with Crippen LogP contribution in [0.2, 0.25) is 10.0 Å². The smallest absolute Gasteiger partial charge is 0.239 e. The van der Waals surface area contributed by atoms with Gasteiger partial charge in [0.2, 0.25) is 5.91 Å². The van der Waals surface area contributed by atoms with Crippen LogP contribution in [-0.2, 0) is 11.3 Å². The van der Waals surface area contributed by atoms with E-state index in [4.69, 9.17) is 28.9 Å². The molecule has 3 nitrogen and oxygen atoms in total. The van der Waals surface area contributed by atoms with Crippen molar-refractivity contribution in [1.29, 1.82) is 0 Å². The number of hydrogen-bond acceptors (Lipinski definition) is 2. The van der Waals surface area contributed by atoms with Gasteiger partial charge in [-0.25, -0.2) is 0 Å². The molecule has 6 heteroatoms. The van der Waals surface area contributed by atoms with Crippen molar-refractivity contribution in [2.75, 3.05) is 7.05 Å². The Hall–Kier alpha value is -0.480. The Morgan fingerprint density at radius 1 is 1.35 bits per heavy atom. The van der Waals surface area contributed by atoms with E-state index in [9.17, 15) is 4.79 Å². The lowest BCUT2D eigenvalue weighted by Crippen LogP contribution is -2.39. The molecule has 2 N–H and O–H groups in total. The van der Waals surface area contributed by atoms with E-state index in [1.165, 1.54) is 0 Å². The van der Waals surface area contributed by atoms with Gasteiger partial charge in [0.1, 0.15) is 0 Å². The summed E-state index contributed by atoms with van der Waals surface area (Å²) in [4.78, 5) is 13.1. The molecule has 0 aliphatic carbocycles. The van der Waals surface area contributed by atoms with Crippen LogP contribution in [0.1, 0.15) is 12.5 Å². The zero-order valence-electron chi connectivity index (χ0n) is 9.61. The molecule has 0 saturated carbocycles. The SMILES string of the molecule is C[C@@H](N)C(=O)N(C)Cc1cc(Cl)cc(Cl)c1.Cl. The highest BCUT2D eigenvalue weighted by Gasteiger charge is 2.13. The molecule has 0 radical (unpaired) electrons. The minimum Gasteiger partial charge on any atom is -0.340 e. The molecule has 0 heterocycles. The predicted molar refractivity (Wildman–Crippen MR) is 73.8 cm³/mol. The van der Waals surface area contributed by atoms with Crippen molar-refractivity contribution >= 4 is 41.5 Å². The summed E-state index contributed by atoms with van der Waals surface area (Å²) in [6.07, 6.45) is 0. The topological polar surface area (TPSA) is 46.3 Å². The van der Waals surface area contributed by atoms with E-state index in [-0.39, 0.29) is 18.3 Å². The van der Waals surface area contributed by atoms with E-state index >= 15 is 0 Å². The van der Waals surface area contributed by atoms with Crippen LogP contribution in [-0.4, -0.2) is 23.9 Å². The summed E-state index contributed by atoms with van der Waals surface area (Å²) in [7, 11) is 1.69. The molecule has 1 aromatic carbocycles. The Labute approximate surface area is 117 Å². The zero-order chi connectivity index (χ0) is 12.3. The number of carbonyl (C=O) groups excluding carboxylic acids is 1. The Kier molecular flexibility index (Phi) is 6.87. The highest BCUT2D eigenvalue weighted by atomic mass is 35.5. The standard InChI is InChI=1S/C11H14Cl2N2O.ClH/c1-7(14)11(16)15(2)6-8-3-9(12)5-10(13)4-8;/h3-5,7H,6,14H2,1-2H3;1H/t7-;/m1./s1. The quantitative estimate of drug-likeness (QED) is 0.932. The number of halogens is 3. The van der Waals surface area contributed by atoms with Gasteiger partial charge >= 0.3 is 0 Å². The normalized spacial score (nSPS) is 11.6. The van der Waals surface area contributed by atoms with Crippen molar-refractivity contribution in [1.82, 2.24) is 4.90 Å². The van der Waals surface area contributed by atoms with Gasteiger partial charge in [0.05, 0.1) is 6.04 Å². The van der Waals surface area contributed by atoms with Crippen LogP contribution in [0.25, 0.3) is 0 Å². The molecular weight excluding hydrogens is 282 g/mol. The van der Waals surface area contributed by atoms with Crippen LogP contribution in [0.15, 0.2) is 18.2 Å². The van der Waals surface area contributed by atoms with Crippen LogP contribution in [0, 0.1) is 0 Å². The molecule has 17 heavy (non-hydrogen) atoms. The molecule has 0 saturated heterocycles. The highest BCUT2D eigenvalue weighted by Crippen LogP contribution is 2.19. The molecule has 0 aliphatic rings. The van der Waals surface area contributed by atoms with Gasteiger partial charge in [-0.15, -0.1) is 12.4 Å². The van der Waals surface area contributed by atoms with Crippen LogP contribution < -0.4 is 5.73 Å². The minimum absolute atomic E-state index is 0. The van der Waals surface area contributed by atoms with Gasteiger partial charge in [-0.1, -0.05) is 23.2 Å². The summed E-state index contributed by atoms with van der Waals surface area (Å²) >= 11 is 11.7. The number of nitrogens with two attached hydrogens (primary N) is 1. The average molecular weight is 298 g/mol. The van der Waals surface area contributed by atoms with E-state index in [0.717, 1.165) is 5.56 Å². The Morgan fingerprint density at radius 2 is 1.82 bits per heavy atom. The van der Waals surface area contributed by atoms with E-state index in [0.29, 0.717) is 16.6 Å². The van der Waals surface area contributed by atoms with Crippen LogP contribution >= 0.6 is 35.6 Å². The number of rotatable bonds is 3. The monoisotopic (exact) mass is 296 g/mol. The summed E-state index contributed by atoms with van der Waals surface area (Å²) in [5.41, 5.74) is 6.39. The third-order valence-electron chi connectivity index (χ3n) is 2.11. The molecule has 0 aromatic heterocycles. The summed E-state index contributed by atoms with van der Waals surface area (Å²) < 4.78 is 0. The maximum atomic E-state index is 11.6. The van der Waals surface area contributed by atoms with Gasteiger partial charge in [-0.2, -0.15) is 0 Å². The first-order valence-corrected chi connectivity index (χ1v) is 5.61. The summed E-state index contributed by atoms with van der Waals surface area (Å²) in [6.45, 7) is 2.10. The lowest BCUT2D eigenvalue weighted by Gasteiger charge is -2.19. The maximum absolute atomic E-state index is 11.6. The minimum atomic E-state index is -0.500. The second kappa shape index (κ2) is 7.07. The first-order chi connectivity index (χ1) is 7.40. The average Bonchev–Trinajstić information content (AvgIpc) is 2.14. The number of hydrogen-bond donors (Lipinski definition) is 1. The van der Waals surface area contributed by atoms with Crippen LogP contribution in [0.4, 0.5) is 0 Å². The fourth-order valence-electron chi connectivity index (χ4n) is 1.40. The van der Waals surface area contributed by atoms with Crippen molar-refractivity contribution < 1.29 is 4.79 Å². The van der Waals surface area contributed by atoms with Crippen molar-refractivity contribution in [3.8, 4) is 0 Å². The summed E-state index contributed by atoms with van der Waals surface area (Å²) in [5, 5.41) is 1.12. The predicted octanol–water partition coefficient (Wildman–Crippen LogP) is 2.72. The van der Waals surface area contributed by atoms with Crippen molar-refractivity contribution in [2.45, 2.75) is 19.5 Å². The third-order valence-corrected chi connectivity index (χ3v) is 2.54. The molecule has 0 unspecified atom stereocenters. The Morgan fingerprint density at radius 3 is 2.24 bits per heavy atom. The molecule has 1 amide bonds. The molecule has 0 spiro atoms. The number of benzene rings is 1. The van der Waals surface area contributed by atoms with Crippen LogP contribution in [0.3, 0.4) is 0 Å². The number of nitrogens with zero attached hydrogens (tertiary/aromatic N) is 1. The van der Waals surface area contributed by atoms with E-state index < -0.39 is 6.04 Å². The number of carbonyl (C=O) groups is 1. The van der Waals surface area contributed by atoms with E-state index in [1.54, 1.807) is 37.1 Å². The Bertz CT molecular complexity index is 376. The first-order valence-electron chi connectivity index (χ1n) is 4.85. The summed E-state index contributed by atoms with van der Waals surface area (Å²) in [5.74, 6) is -0.115. The largest absolute Gasteiger partial charge is 0.340 e. The zero-order valence-corrected chi connectivity index (χ0v) is 11.9. The van der Waals surface area contributed by atoms with Gasteiger partial charge in [0.15, 0.2) is 0 Å². The molecule has 1 atom stereocenters. The van der Waals surface area contributed by atoms with Crippen molar-refractivity contribution in [2.24, 2.45) is 5.73 Å². The maximum Gasteiger partial charge on any atom is 0.239 e. The highest BCUT2D eigenvalue weighted by molar-refractivity contribution is 6.34. The molecule has 0 fully saturated rings. The number of amides is 1. The van der Waals surface area contributed by atoms with Gasteiger partial charge in [-0.05, 0) is 30.7 Å². The van der Waals surface area contributed by atoms with Crippen molar-refractivity contribution in [3.05, 3.63) is 33.8 Å². The fourth-order valence-corrected chi connectivity index (χ4v) is 1.97. The van der Waals surface area contributed by atoms with Crippen molar-refractivity contribution in [3.63, 3.8) is 0 Å². The molecule has 1 rings (SSSR count). The molecule has 96 valence electrons.